The zero-order valence-electron chi connectivity index (χ0n) is 11.7. The van der Waals surface area contributed by atoms with E-state index in [1.165, 1.54) is 25.7 Å². The van der Waals surface area contributed by atoms with E-state index in [0.29, 0.717) is 11.8 Å². The highest BCUT2D eigenvalue weighted by molar-refractivity contribution is 5.76. The van der Waals surface area contributed by atoms with Crippen molar-refractivity contribution in [3.63, 3.8) is 0 Å². The predicted molar refractivity (Wildman–Crippen MR) is 68.6 cm³/mol. The third-order valence-electron chi connectivity index (χ3n) is 4.77. The minimum Gasteiger partial charge on any atom is -0.459 e. The fourth-order valence-corrected chi connectivity index (χ4v) is 3.02. The molecule has 0 spiro atoms. The van der Waals surface area contributed by atoms with Crippen LogP contribution >= 0.6 is 0 Å². The first-order chi connectivity index (χ1) is 7.90. The number of esters is 1. The fraction of sp³-hybridized carbons (Fsp3) is 0.933. The van der Waals surface area contributed by atoms with Crippen molar-refractivity contribution in [1.82, 2.24) is 0 Å². The van der Waals surface area contributed by atoms with Gasteiger partial charge in [-0.25, -0.2) is 0 Å². The molecule has 0 aromatic heterocycles. The minimum atomic E-state index is -0.264. The standard InChI is InChI=1S/C15H26O2/c1-10-5-7-12(8-6-10)15(3,4)17-14(16)13-9-11(13)2/h10-13H,5-9H2,1-4H3. The number of hydrogen-bond donors (Lipinski definition) is 0. The fourth-order valence-electron chi connectivity index (χ4n) is 3.02. The smallest absolute Gasteiger partial charge is 0.309 e. The van der Waals surface area contributed by atoms with Crippen molar-refractivity contribution in [3.8, 4) is 0 Å². The van der Waals surface area contributed by atoms with E-state index in [2.05, 4.69) is 27.7 Å². The van der Waals surface area contributed by atoms with Crippen LogP contribution in [0.15, 0.2) is 0 Å². The third kappa shape index (κ3) is 3.02. The van der Waals surface area contributed by atoms with Crippen LogP contribution in [0.25, 0.3) is 0 Å². The molecule has 2 unspecified atom stereocenters. The molecule has 0 radical (unpaired) electrons. The Morgan fingerprint density at radius 1 is 1.12 bits per heavy atom. The second-order valence-corrected chi connectivity index (χ2v) is 6.80. The van der Waals surface area contributed by atoms with E-state index in [-0.39, 0.29) is 17.5 Å². The van der Waals surface area contributed by atoms with Gasteiger partial charge in [0.2, 0.25) is 0 Å². The Balaban J connectivity index is 1.87. The van der Waals surface area contributed by atoms with Gasteiger partial charge in [-0.2, -0.15) is 0 Å². The quantitative estimate of drug-likeness (QED) is 0.699. The second kappa shape index (κ2) is 4.62. The van der Waals surface area contributed by atoms with Crippen LogP contribution in [0.2, 0.25) is 0 Å². The van der Waals surface area contributed by atoms with Crippen LogP contribution in [-0.2, 0) is 9.53 Å². The molecule has 2 nitrogen and oxygen atoms in total. The van der Waals surface area contributed by atoms with Crippen LogP contribution in [0.5, 0.6) is 0 Å². The largest absolute Gasteiger partial charge is 0.459 e. The minimum absolute atomic E-state index is 0.0427. The lowest BCUT2D eigenvalue weighted by molar-refractivity contribution is -0.165. The van der Waals surface area contributed by atoms with Crippen LogP contribution in [0.4, 0.5) is 0 Å². The predicted octanol–water partition coefficient (Wildman–Crippen LogP) is 3.79. The Morgan fingerprint density at radius 3 is 2.12 bits per heavy atom. The van der Waals surface area contributed by atoms with Crippen molar-refractivity contribution < 1.29 is 9.53 Å². The normalized spacial score (nSPS) is 37.6. The highest BCUT2D eigenvalue weighted by Crippen LogP contribution is 2.42. The molecule has 0 saturated heterocycles. The SMILES string of the molecule is CC1CCC(C(C)(C)OC(=O)C2CC2C)CC1. The molecule has 2 aliphatic carbocycles. The van der Waals surface area contributed by atoms with E-state index < -0.39 is 0 Å². The molecule has 0 aliphatic heterocycles. The zero-order chi connectivity index (χ0) is 12.6. The number of ether oxygens (including phenoxy) is 1. The molecule has 0 heterocycles. The summed E-state index contributed by atoms with van der Waals surface area (Å²) in [5.74, 6) is 2.18. The molecule has 0 N–H and O–H groups in total. The maximum absolute atomic E-state index is 11.9. The average molecular weight is 238 g/mol. The summed E-state index contributed by atoms with van der Waals surface area (Å²) in [6, 6.07) is 0. The van der Waals surface area contributed by atoms with E-state index in [1.54, 1.807) is 0 Å². The van der Waals surface area contributed by atoms with Gasteiger partial charge in [0.25, 0.3) is 0 Å². The molecule has 0 amide bonds. The van der Waals surface area contributed by atoms with Crippen molar-refractivity contribution in [2.45, 2.75) is 65.4 Å². The number of rotatable bonds is 3. The molecule has 2 saturated carbocycles. The molecule has 2 heteroatoms. The van der Waals surface area contributed by atoms with Gasteiger partial charge in [-0.3, -0.25) is 4.79 Å². The summed E-state index contributed by atoms with van der Waals surface area (Å²) in [7, 11) is 0. The molecule has 2 aliphatic rings. The van der Waals surface area contributed by atoms with E-state index in [1.807, 2.05) is 0 Å². The second-order valence-electron chi connectivity index (χ2n) is 6.80. The third-order valence-corrected chi connectivity index (χ3v) is 4.77. The van der Waals surface area contributed by atoms with Gasteiger partial charge in [-0.15, -0.1) is 0 Å². The van der Waals surface area contributed by atoms with Crippen molar-refractivity contribution >= 4 is 5.97 Å². The molecule has 17 heavy (non-hydrogen) atoms. The van der Waals surface area contributed by atoms with Crippen LogP contribution in [0.1, 0.15) is 59.8 Å². The summed E-state index contributed by atoms with van der Waals surface area (Å²) in [5, 5.41) is 0. The first kappa shape index (κ1) is 12.9. The topological polar surface area (TPSA) is 26.3 Å². The summed E-state index contributed by atoms with van der Waals surface area (Å²) >= 11 is 0. The maximum atomic E-state index is 11.9. The molecule has 2 atom stereocenters. The Hall–Kier alpha value is -0.530. The molecule has 2 fully saturated rings. The number of carbonyl (C=O) groups is 1. The van der Waals surface area contributed by atoms with Crippen molar-refractivity contribution in [1.29, 1.82) is 0 Å². The molecule has 0 aromatic carbocycles. The Bertz CT molecular complexity index is 287. The zero-order valence-corrected chi connectivity index (χ0v) is 11.7. The summed E-state index contributed by atoms with van der Waals surface area (Å²) < 4.78 is 5.77. The van der Waals surface area contributed by atoms with E-state index in [4.69, 9.17) is 4.74 Å². The van der Waals surface area contributed by atoms with Crippen LogP contribution in [0.3, 0.4) is 0 Å². The summed E-state index contributed by atoms with van der Waals surface area (Å²) in [4.78, 5) is 11.9. The summed E-state index contributed by atoms with van der Waals surface area (Å²) in [6.07, 6.45) is 6.01. The summed E-state index contributed by atoms with van der Waals surface area (Å²) in [6.45, 7) is 8.64. The van der Waals surface area contributed by atoms with Gasteiger partial charge in [0.1, 0.15) is 5.60 Å². The number of hydrogen-bond acceptors (Lipinski definition) is 2. The van der Waals surface area contributed by atoms with Gasteiger partial charge in [-0.05, 0) is 50.9 Å². The van der Waals surface area contributed by atoms with Gasteiger partial charge >= 0.3 is 5.97 Å². The van der Waals surface area contributed by atoms with Crippen molar-refractivity contribution in [2.24, 2.45) is 23.7 Å². The van der Waals surface area contributed by atoms with E-state index in [0.717, 1.165) is 12.3 Å². The highest BCUT2D eigenvalue weighted by Gasteiger charge is 2.44. The molecular formula is C15H26O2. The first-order valence-electron chi connectivity index (χ1n) is 7.13. The monoisotopic (exact) mass is 238 g/mol. The maximum Gasteiger partial charge on any atom is 0.309 e. The lowest BCUT2D eigenvalue weighted by Crippen LogP contribution is -2.39. The lowest BCUT2D eigenvalue weighted by Gasteiger charge is -2.38. The molecule has 0 aromatic rings. The van der Waals surface area contributed by atoms with Crippen LogP contribution < -0.4 is 0 Å². The molecular weight excluding hydrogens is 212 g/mol. The average Bonchev–Trinajstić information content (AvgIpc) is 2.95. The molecule has 2 rings (SSSR count). The Kier molecular flexibility index (Phi) is 3.51. The van der Waals surface area contributed by atoms with Crippen LogP contribution in [-0.4, -0.2) is 11.6 Å². The van der Waals surface area contributed by atoms with E-state index in [9.17, 15) is 4.79 Å². The lowest BCUT2D eigenvalue weighted by atomic mass is 9.75. The van der Waals surface area contributed by atoms with Gasteiger partial charge in [0, 0.05) is 0 Å². The molecule has 0 bridgehead atoms. The van der Waals surface area contributed by atoms with Gasteiger partial charge in [-0.1, -0.05) is 26.7 Å². The van der Waals surface area contributed by atoms with E-state index >= 15 is 0 Å². The summed E-state index contributed by atoms with van der Waals surface area (Å²) in [5.41, 5.74) is -0.264. The van der Waals surface area contributed by atoms with Gasteiger partial charge in [0.05, 0.1) is 5.92 Å². The van der Waals surface area contributed by atoms with Gasteiger partial charge in [0.15, 0.2) is 0 Å². The Labute approximate surface area is 105 Å². The van der Waals surface area contributed by atoms with Crippen molar-refractivity contribution in [3.05, 3.63) is 0 Å². The molecule has 98 valence electrons. The first-order valence-corrected chi connectivity index (χ1v) is 7.13. The highest BCUT2D eigenvalue weighted by atomic mass is 16.6. The van der Waals surface area contributed by atoms with Crippen molar-refractivity contribution in [2.75, 3.05) is 0 Å². The number of carbonyl (C=O) groups excluding carboxylic acids is 1. The van der Waals surface area contributed by atoms with Gasteiger partial charge < -0.3 is 4.74 Å². The Morgan fingerprint density at radius 2 is 1.65 bits per heavy atom. The van der Waals surface area contributed by atoms with Crippen LogP contribution in [0, 0.1) is 23.7 Å².